The summed E-state index contributed by atoms with van der Waals surface area (Å²) in [6, 6.07) is 0. The minimum atomic E-state index is 0.772. The lowest BCUT2D eigenvalue weighted by Gasteiger charge is -2.25. The molecule has 0 amide bonds. The van der Waals surface area contributed by atoms with Crippen molar-refractivity contribution in [3.8, 4) is 0 Å². The van der Waals surface area contributed by atoms with Gasteiger partial charge in [0.1, 0.15) is 0 Å². The average molecular weight is 349 g/mol. The molecule has 0 radical (unpaired) electrons. The normalized spacial score (nSPS) is 15.2. The Kier molecular flexibility index (Phi) is 15.4. The molecule has 0 fully saturated rings. The van der Waals surface area contributed by atoms with Gasteiger partial charge in [-0.25, -0.2) is 0 Å². The summed E-state index contributed by atoms with van der Waals surface area (Å²) < 4.78 is 0. The van der Waals surface area contributed by atoms with Gasteiger partial charge >= 0.3 is 0 Å². The third kappa shape index (κ3) is 12.5. The summed E-state index contributed by atoms with van der Waals surface area (Å²) >= 11 is 0. The molecule has 0 aliphatic rings. The fourth-order valence-corrected chi connectivity index (χ4v) is 3.82. The van der Waals surface area contributed by atoms with Gasteiger partial charge in [-0.2, -0.15) is 0 Å². The van der Waals surface area contributed by atoms with Crippen LogP contribution in [0, 0.1) is 17.8 Å². The van der Waals surface area contributed by atoms with Crippen LogP contribution in [0.2, 0.25) is 0 Å². The molecule has 0 aliphatic heterocycles. The van der Waals surface area contributed by atoms with Crippen molar-refractivity contribution in [3.63, 3.8) is 0 Å². The van der Waals surface area contributed by atoms with Crippen molar-refractivity contribution < 1.29 is 0 Å². The van der Waals surface area contributed by atoms with Gasteiger partial charge in [-0.3, -0.25) is 0 Å². The minimum absolute atomic E-state index is 0.772. The van der Waals surface area contributed by atoms with E-state index in [0.29, 0.717) is 0 Å². The molecule has 0 heteroatoms. The highest BCUT2D eigenvalue weighted by Crippen LogP contribution is 2.33. The number of hydrogen-bond acceptors (Lipinski definition) is 0. The van der Waals surface area contributed by atoms with Gasteiger partial charge in [0, 0.05) is 0 Å². The average Bonchev–Trinajstić information content (AvgIpc) is 2.59. The molecule has 0 aromatic heterocycles. The van der Waals surface area contributed by atoms with Crippen molar-refractivity contribution in [1.82, 2.24) is 0 Å². The maximum absolute atomic E-state index is 3.92. The van der Waals surface area contributed by atoms with Gasteiger partial charge in [-0.1, -0.05) is 83.9 Å². The van der Waals surface area contributed by atoms with Gasteiger partial charge in [-0.05, 0) is 69.6 Å². The molecule has 0 N–H and O–H groups in total. The lowest BCUT2D eigenvalue weighted by molar-refractivity contribution is 0.415. The van der Waals surface area contributed by atoms with Crippen molar-refractivity contribution in [2.45, 2.75) is 119 Å². The van der Waals surface area contributed by atoms with Crippen LogP contribution >= 0.6 is 0 Å². The summed E-state index contributed by atoms with van der Waals surface area (Å²) in [7, 11) is 0. The summed E-state index contributed by atoms with van der Waals surface area (Å²) in [5.74, 6) is 2.49. The van der Waals surface area contributed by atoms with Crippen LogP contribution < -0.4 is 0 Å². The van der Waals surface area contributed by atoms with Gasteiger partial charge < -0.3 is 0 Å². The van der Waals surface area contributed by atoms with E-state index in [1.165, 1.54) is 77.0 Å². The summed E-state index contributed by atoms with van der Waals surface area (Å²) in [4.78, 5) is 0. The second kappa shape index (κ2) is 15.7. The lowest BCUT2D eigenvalue weighted by atomic mass is 9.80. The standard InChI is InChI=1S/C25H48/c1-8-11-13-18-24(19-15-14-16-22(6)10-3)25(20-21(4)5)23(7)17-12-9-2/h8,21-22,24H,1,9-20H2,2-7H3/b25-23-. The molecule has 25 heavy (non-hydrogen) atoms. The lowest BCUT2D eigenvalue weighted by Crippen LogP contribution is -2.10. The van der Waals surface area contributed by atoms with Crippen LogP contribution in [-0.2, 0) is 0 Å². The molecular weight excluding hydrogens is 300 g/mol. The Morgan fingerprint density at radius 2 is 1.56 bits per heavy atom. The number of unbranched alkanes of at least 4 members (excludes halogenated alkanes) is 3. The van der Waals surface area contributed by atoms with E-state index in [1.54, 1.807) is 5.57 Å². The van der Waals surface area contributed by atoms with Crippen LogP contribution in [-0.4, -0.2) is 0 Å². The Labute approximate surface area is 160 Å². The Bertz CT molecular complexity index is 347. The quantitative estimate of drug-likeness (QED) is 0.193. The van der Waals surface area contributed by atoms with Crippen LogP contribution in [0.1, 0.15) is 119 Å². The first-order valence-electron chi connectivity index (χ1n) is 11.2. The summed E-state index contributed by atoms with van der Waals surface area (Å²) in [6.45, 7) is 18.2. The molecule has 0 aliphatic carbocycles. The zero-order valence-corrected chi connectivity index (χ0v) is 18.5. The highest BCUT2D eigenvalue weighted by molar-refractivity contribution is 5.16. The monoisotopic (exact) mass is 348 g/mol. The maximum atomic E-state index is 3.92. The van der Waals surface area contributed by atoms with Crippen molar-refractivity contribution in [2.75, 3.05) is 0 Å². The minimum Gasteiger partial charge on any atom is -0.103 e. The largest absolute Gasteiger partial charge is 0.103 e. The molecular formula is C25H48. The molecule has 2 unspecified atom stereocenters. The van der Waals surface area contributed by atoms with Gasteiger partial charge in [-0.15, -0.1) is 6.58 Å². The Morgan fingerprint density at radius 1 is 0.920 bits per heavy atom. The maximum Gasteiger partial charge on any atom is -0.0200 e. The first-order valence-corrected chi connectivity index (χ1v) is 11.2. The Hall–Kier alpha value is -0.520. The summed E-state index contributed by atoms with van der Waals surface area (Å²) in [5.41, 5.74) is 3.53. The Morgan fingerprint density at radius 3 is 2.12 bits per heavy atom. The first kappa shape index (κ1) is 24.5. The van der Waals surface area contributed by atoms with Crippen LogP contribution in [0.5, 0.6) is 0 Å². The van der Waals surface area contributed by atoms with Gasteiger partial charge in [0.05, 0.1) is 0 Å². The molecule has 0 bridgehead atoms. The summed E-state index contributed by atoms with van der Waals surface area (Å²) in [5, 5.41) is 0. The zero-order valence-electron chi connectivity index (χ0n) is 18.5. The van der Waals surface area contributed by atoms with Crippen molar-refractivity contribution in [1.29, 1.82) is 0 Å². The molecule has 0 nitrogen and oxygen atoms in total. The van der Waals surface area contributed by atoms with Crippen LogP contribution in [0.3, 0.4) is 0 Å². The van der Waals surface area contributed by atoms with E-state index < -0.39 is 0 Å². The fourth-order valence-electron chi connectivity index (χ4n) is 3.82. The van der Waals surface area contributed by atoms with Crippen LogP contribution in [0.4, 0.5) is 0 Å². The van der Waals surface area contributed by atoms with E-state index in [-0.39, 0.29) is 0 Å². The predicted molar refractivity (Wildman–Crippen MR) is 117 cm³/mol. The summed E-state index contributed by atoms with van der Waals surface area (Å²) in [6.07, 6.45) is 18.2. The number of rotatable bonds is 16. The van der Waals surface area contributed by atoms with Crippen LogP contribution in [0.15, 0.2) is 23.8 Å². The predicted octanol–water partition coefficient (Wildman–Crippen LogP) is 9.12. The molecule has 0 aromatic carbocycles. The van der Waals surface area contributed by atoms with E-state index in [1.807, 2.05) is 5.57 Å². The van der Waals surface area contributed by atoms with Crippen molar-refractivity contribution in [3.05, 3.63) is 23.8 Å². The molecule has 0 aromatic rings. The molecule has 0 saturated carbocycles. The third-order valence-corrected chi connectivity index (χ3v) is 5.73. The van der Waals surface area contributed by atoms with E-state index in [0.717, 1.165) is 17.8 Å². The van der Waals surface area contributed by atoms with Crippen molar-refractivity contribution in [2.24, 2.45) is 17.8 Å². The highest BCUT2D eigenvalue weighted by atomic mass is 14.2. The molecule has 0 saturated heterocycles. The Balaban J connectivity index is 4.95. The number of allylic oxidation sites excluding steroid dienone is 3. The first-order chi connectivity index (χ1) is 12.0. The highest BCUT2D eigenvalue weighted by Gasteiger charge is 2.17. The van der Waals surface area contributed by atoms with E-state index in [2.05, 4.69) is 54.2 Å². The second-order valence-corrected chi connectivity index (χ2v) is 8.72. The van der Waals surface area contributed by atoms with Gasteiger partial charge in [0.25, 0.3) is 0 Å². The molecule has 0 rings (SSSR count). The number of hydrogen-bond donors (Lipinski definition) is 0. The molecule has 0 heterocycles. The third-order valence-electron chi connectivity index (χ3n) is 5.73. The molecule has 2 atom stereocenters. The SMILES string of the molecule is C=CCCCC(CCCCC(C)CC)/C(CC(C)C)=C(/C)CCCC. The van der Waals surface area contributed by atoms with Gasteiger partial charge in [0.15, 0.2) is 0 Å². The van der Waals surface area contributed by atoms with E-state index in [9.17, 15) is 0 Å². The smallest absolute Gasteiger partial charge is 0.0200 e. The molecule has 0 spiro atoms. The zero-order chi connectivity index (χ0) is 19.1. The van der Waals surface area contributed by atoms with E-state index >= 15 is 0 Å². The van der Waals surface area contributed by atoms with Crippen molar-refractivity contribution >= 4 is 0 Å². The van der Waals surface area contributed by atoms with Crippen LogP contribution in [0.25, 0.3) is 0 Å². The van der Waals surface area contributed by atoms with E-state index in [4.69, 9.17) is 0 Å². The topological polar surface area (TPSA) is 0 Å². The van der Waals surface area contributed by atoms with Gasteiger partial charge in [0.2, 0.25) is 0 Å². The molecule has 148 valence electrons. The fraction of sp³-hybridized carbons (Fsp3) is 0.840. The second-order valence-electron chi connectivity index (χ2n) is 8.72.